The van der Waals surface area contributed by atoms with Crippen molar-refractivity contribution in [2.24, 2.45) is 0 Å². The number of hydrogen-bond donors (Lipinski definition) is 2. The largest absolute Gasteiger partial charge is 0.476 e. The second kappa shape index (κ2) is 7.69. The molecule has 0 atom stereocenters. The van der Waals surface area contributed by atoms with Crippen molar-refractivity contribution in [2.45, 2.75) is 41.9 Å². The first-order valence-electron chi connectivity index (χ1n) is 8.21. The molecule has 3 rings (SSSR count). The average molecular weight is 360 g/mol. The van der Waals surface area contributed by atoms with Gasteiger partial charge in [0.1, 0.15) is 6.54 Å². The molecule has 0 spiro atoms. The van der Waals surface area contributed by atoms with Crippen molar-refractivity contribution in [3.63, 3.8) is 0 Å². The van der Waals surface area contributed by atoms with Gasteiger partial charge in [-0.1, -0.05) is 36.3 Å². The van der Waals surface area contributed by atoms with Gasteiger partial charge in [0.2, 0.25) is 5.91 Å². The Bertz CT molecular complexity index is 741. The van der Waals surface area contributed by atoms with Gasteiger partial charge in [-0.25, -0.2) is 9.48 Å². The van der Waals surface area contributed by atoms with Crippen molar-refractivity contribution >= 4 is 23.6 Å². The summed E-state index contributed by atoms with van der Waals surface area (Å²) < 4.78 is 1.26. The number of carbonyl (C=O) groups is 2. The molecule has 1 aliphatic rings. The summed E-state index contributed by atoms with van der Waals surface area (Å²) in [4.78, 5) is 24.2. The highest BCUT2D eigenvalue weighted by Crippen LogP contribution is 2.44. The van der Waals surface area contributed by atoms with Crippen LogP contribution in [0.3, 0.4) is 0 Å². The summed E-state index contributed by atoms with van der Waals surface area (Å²) in [6.07, 6.45) is 5.73. The van der Waals surface area contributed by atoms with Crippen molar-refractivity contribution < 1.29 is 14.7 Å². The number of carboxylic acids is 1. The molecule has 8 heteroatoms. The topological polar surface area (TPSA) is 97.1 Å². The zero-order valence-electron chi connectivity index (χ0n) is 13.7. The molecule has 0 radical (unpaired) electrons. The summed E-state index contributed by atoms with van der Waals surface area (Å²) in [7, 11) is 0. The molecule has 132 valence electrons. The summed E-state index contributed by atoms with van der Waals surface area (Å²) >= 11 is 1.83. The van der Waals surface area contributed by atoms with Crippen LogP contribution in [0.25, 0.3) is 0 Å². The van der Waals surface area contributed by atoms with Crippen molar-refractivity contribution in [1.29, 1.82) is 0 Å². The molecular formula is C17H20N4O3S. The number of carbonyl (C=O) groups excluding carboxylic acids is 1. The zero-order chi connectivity index (χ0) is 17.7. The number of carboxylic acid groups (broad SMARTS) is 1. The van der Waals surface area contributed by atoms with Crippen molar-refractivity contribution in [1.82, 2.24) is 20.3 Å². The van der Waals surface area contributed by atoms with E-state index in [1.54, 1.807) is 0 Å². The second-order valence-electron chi connectivity index (χ2n) is 6.19. The molecule has 25 heavy (non-hydrogen) atoms. The third-order valence-corrected chi connectivity index (χ3v) is 5.76. The fraction of sp³-hybridized carbons (Fsp3) is 0.412. The van der Waals surface area contributed by atoms with E-state index in [2.05, 4.69) is 27.8 Å². The maximum absolute atomic E-state index is 12.2. The number of benzene rings is 1. The molecule has 1 saturated carbocycles. The SMILES string of the molecule is O=C(Cn1cc(C(=O)O)nn1)NCC1(Sc2ccccc2)CCCC1. The molecule has 1 fully saturated rings. The number of aromatic carboxylic acids is 1. The van der Waals surface area contributed by atoms with Crippen LogP contribution in [-0.4, -0.2) is 43.3 Å². The Morgan fingerprint density at radius 2 is 1.96 bits per heavy atom. The van der Waals surface area contributed by atoms with E-state index in [0.717, 1.165) is 12.8 Å². The second-order valence-corrected chi connectivity index (χ2v) is 7.73. The summed E-state index contributed by atoms with van der Waals surface area (Å²) in [5.41, 5.74) is -0.167. The van der Waals surface area contributed by atoms with E-state index in [9.17, 15) is 9.59 Å². The van der Waals surface area contributed by atoms with E-state index in [-0.39, 0.29) is 22.9 Å². The van der Waals surface area contributed by atoms with Crippen molar-refractivity contribution in [3.05, 3.63) is 42.2 Å². The smallest absolute Gasteiger partial charge is 0.358 e. The van der Waals surface area contributed by atoms with E-state index in [1.807, 2.05) is 30.0 Å². The van der Waals surface area contributed by atoms with Gasteiger partial charge >= 0.3 is 5.97 Å². The summed E-state index contributed by atoms with van der Waals surface area (Å²) in [6.45, 7) is 0.554. The van der Waals surface area contributed by atoms with Gasteiger partial charge in [-0.2, -0.15) is 0 Å². The van der Waals surface area contributed by atoms with E-state index >= 15 is 0 Å². The lowest BCUT2D eigenvalue weighted by Gasteiger charge is -2.28. The Balaban J connectivity index is 1.57. The molecule has 0 unspecified atom stereocenters. The lowest BCUT2D eigenvalue weighted by Crippen LogP contribution is -2.40. The van der Waals surface area contributed by atoms with Crippen molar-refractivity contribution in [3.8, 4) is 0 Å². The lowest BCUT2D eigenvalue weighted by atomic mass is 10.1. The molecule has 1 amide bonds. The first-order chi connectivity index (χ1) is 12.1. The average Bonchev–Trinajstić information content (AvgIpc) is 3.24. The van der Waals surface area contributed by atoms with Crippen LogP contribution in [0, 0.1) is 0 Å². The number of hydrogen-bond acceptors (Lipinski definition) is 5. The van der Waals surface area contributed by atoms with Gasteiger partial charge in [0, 0.05) is 16.2 Å². The van der Waals surface area contributed by atoms with Crippen molar-refractivity contribution in [2.75, 3.05) is 6.54 Å². The Hall–Kier alpha value is -2.35. The van der Waals surface area contributed by atoms with Gasteiger partial charge in [-0.15, -0.1) is 16.9 Å². The van der Waals surface area contributed by atoms with Crippen LogP contribution in [0.1, 0.15) is 36.2 Å². The Kier molecular flexibility index (Phi) is 5.37. The predicted octanol–water partition coefficient (Wildman–Crippen LogP) is 2.20. The van der Waals surface area contributed by atoms with E-state index < -0.39 is 5.97 Å². The van der Waals surface area contributed by atoms with Gasteiger partial charge in [-0.05, 0) is 25.0 Å². The molecule has 0 saturated heterocycles. The van der Waals surface area contributed by atoms with Crippen LogP contribution in [-0.2, 0) is 11.3 Å². The quantitative estimate of drug-likeness (QED) is 0.786. The molecule has 0 aliphatic heterocycles. The maximum Gasteiger partial charge on any atom is 0.358 e. The summed E-state index contributed by atoms with van der Waals surface area (Å²) in [6, 6.07) is 10.2. The van der Waals surface area contributed by atoms with Crippen LogP contribution < -0.4 is 5.32 Å². The Morgan fingerprint density at radius 1 is 1.24 bits per heavy atom. The Morgan fingerprint density at radius 3 is 2.60 bits per heavy atom. The number of nitrogens with zero attached hydrogens (tertiary/aromatic N) is 3. The van der Waals surface area contributed by atoms with Crippen LogP contribution in [0.5, 0.6) is 0 Å². The minimum Gasteiger partial charge on any atom is -0.476 e. The fourth-order valence-electron chi connectivity index (χ4n) is 3.01. The summed E-state index contributed by atoms with van der Waals surface area (Å²) in [5.74, 6) is -1.35. The third-order valence-electron chi connectivity index (χ3n) is 4.26. The minimum atomic E-state index is -1.16. The third kappa shape index (κ3) is 4.60. The molecule has 7 nitrogen and oxygen atoms in total. The van der Waals surface area contributed by atoms with Gasteiger partial charge < -0.3 is 10.4 Å². The molecule has 0 bridgehead atoms. The fourth-order valence-corrected chi connectivity index (χ4v) is 4.44. The Labute approximate surface area is 149 Å². The molecule has 1 heterocycles. The number of amides is 1. The van der Waals surface area contributed by atoms with E-state index in [4.69, 9.17) is 5.11 Å². The normalized spacial score (nSPS) is 15.8. The molecule has 1 aromatic carbocycles. The van der Waals surface area contributed by atoms with Gasteiger partial charge in [0.25, 0.3) is 0 Å². The summed E-state index contributed by atoms with van der Waals surface area (Å²) in [5, 5.41) is 19.0. The highest BCUT2D eigenvalue weighted by Gasteiger charge is 2.35. The number of rotatable bonds is 7. The molecule has 1 aromatic heterocycles. The van der Waals surface area contributed by atoms with Gasteiger partial charge in [-0.3, -0.25) is 4.79 Å². The van der Waals surface area contributed by atoms with E-state index in [1.165, 1.54) is 28.6 Å². The minimum absolute atomic E-state index is 0.0194. The van der Waals surface area contributed by atoms with Crippen LogP contribution in [0.2, 0.25) is 0 Å². The van der Waals surface area contributed by atoms with E-state index in [0.29, 0.717) is 6.54 Å². The highest BCUT2D eigenvalue weighted by molar-refractivity contribution is 8.00. The predicted molar refractivity (Wildman–Crippen MR) is 93.5 cm³/mol. The standard InChI is InChI=1S/C17H20N4O3S/c22-15(11-21-10-14(16(23)24)19-20-21)18-12-17(8-4-5-9-17)25-13-6-2-1-3-7-13/h1-3,6-7,10H,4-5,8-9,11-12H2,(H,18,22)(H,23,24). The molecule has 2 aromatic rings. The first-order valence-corrected chi connectivity index (χ1v) is 9.02. The number of aromatic nitrogens is 3. The first kappa shape index (κ1) is 17.5. The highest BCUT2D eigenvalue weighted by atomic mass is 32.2. The maximum atomic E-state index is 12.2. The monoisotopic (exact) mass is 360 g/mol. The number of thioether (sulfide) groups is 1. The lowest BCUT2D eigenvalue weighted by molar-refractivity contribution is -0.122. The zero-order valence-corrected chi connectivity index (χ0v) is 14.5. The van der Waals surface area contributed by atoms with Crippen LogP contribution >= 0.6 is 11.8 Å². The van der Waals surface area contributed by atoms with Gasteiger partial charge in [0.05, 0.1) is 6.20 Å². The molecular weight excluding hydrogens is 340 g/mol. The molecule has 2 N–H and O–H groups in total. The van der Waals surface area contributed by atoms with Crippen LogP contribution in [0.4, 0.5) is 0 Å². The van der Waals surface area contributed by atoms with Gasteiger partial charge in [0.15, 0.2) is 5.69 Å². The molecule has 1 aliphatic carbocycles. The van der Waals surface area contributed by atoms with Crippen LogP contribution in [0.15, 0.2) is 41.4 Å². The number of nitrogens with one attached hydrogen (secondary N) is 1.